The van der Waals surface area contributed by atoms with Crippen molar-refractivity contribution in [2.45, 2.75) is 19.6 Å². The third-order valence-corrected chi connectivity index (χ3v) is 2.99. The van der Waals surface area contributed by atoms with Crippen LogP contribution >= 0.6 is 7.60 Å². The normalized spacial score (nSPS) is 14.5. The summed E-state index contributed by atoms with van der Waals surface area (Å²) in [5.74, 6) is 0. The monoisotopic (exact) mass is 216 g/mol. The number of rotatable bonds is 7. The van der Waals surface area contributed by atoms with Crippen LogP contribution in [-0.4, -0.2) is 26.9 Å². The second-order valence-electron chi connectivity index (χ2n) is 2.20. The molecule has 5 nitrogen and oxygen atoms in total. The van der Waals surface area contributed by atoms with Crippen molar-refractivity contribution in [2.75, 3.05) is 20.6 Å². The van der Waals surface area contributed by atoms with E-state index in [9.17, 15) is 9.09 Å². The van der Waals surface area contributed by atoms with Crippen LogP contribution in [0.15, 0.2) is 0 Å². The molecule has 0 rings (SSSR count). The summed E-state index contributed by atoms with van der Waals surface area (Å²) >= 11 is 0. The third-order valence-electron chi connectivity index (χ3n) is 1.41. The molecule has 0 radical (unpaired) electrons. The Labute approximate surface area is 76.5 Å². The van der Waals surface area contributed by atoms with Crippen LogP contribution in [0.25, 0.3) is 0 Å². The molecule has 0 bridgehead atoms. The Balaban J connectivity index is 3.91. The van der Waals surface area contributed by atoms with Gasteiger partial charge in [-0.15, -0.1) is 0 Å². The summed E-state index contributed by atoms with van der Waals surface area (Å²) in [6.45, 7) is 1.66. The van der Waals surface area contributed by atoms with Crippen molar-refractivity contribution in [3.05, 3.63) is 0 Å². The van der Waals surface area contributed by atoms with Gasteiger partial charge in [0.15, 0.2) is 12.6 Å². The summed E-state index contributed by atoms with van der Waals surface area (Å²) < 4.78 is 36.9. The third kappa shape index (κ3) is 4.69. The summed E-state index contributed by atoms with van der Waals surface area (Å²) in [5.41, 5.74) is 0. The van der Waals surface area contributed by atoms with Crippen molar-refractivity contribution in [1.29, 1.82) is 0 Å². The van der Waals surface area contributed by atoms with Gasteiger partial charge < -0.3 is 13.8 Å². The van der Waals surface area contributed by atoms with Gasteiger partial charge in [-0.05, 0) is 10.9 Å². The largest absolute Gasteiger partial charge is 0.355 e. The van der Waals surface area contributed by atoms with E-state index in [0.717, 1.165) is 0 Å². The van der Waals surface area contributed by atoms with E-state index < -0.39 is 13.9 Å². The SMILES string of the molecule is CC[C@@H](OF)OCP(=O)(OC)OC. The summed E-state index contributed by atoms with van der Waals surface area (Å²) in [5, 5.41) is 0. The predicted molar refractivity (Wildman–Crippen MR) is 43.8 cm³/mol. The fourth-order valence-corrected chi connectivity index (χ4v) is 1.27. The quantitative estimate of drug-likeness (QED) is 0.481. The number of hydrogen-bond donors (Lipinski definition) is 0. The molecule has 0 heterocycles. The molecule has 0 spiro atoms. The molecule has 0 saturated carbocycles. The average Bonchev–Trinajstić information content (AvgIpc) is 2.19. The highest BCUT2D eigenvalue weighted by molar-refractivity contribution is 7.53. The Morgan fingerprint density at radius 2 is 1.92 bits per heavy atom. The van der Waals surface area contributed by atoms with Gasteiger partial charge in [-0.2, -0.15) is 4.94 Å². The lowest BCUT2D eigenvalue weighted by molar-refractivity contribution is -0.270. The Kier molecular flexibility index (Phi) is 6.45. The summed E-state index contributed by atoms with van der Waals surface area (Å²) in [7, 11) is -0.776. The first kappa shape index (κ1) is 13.0. The maximum Gasteiger partial charge on any atom is 0.355 e. The first-order chi connectivity index (χ1) is 6.11. The minimum atomic E-state index is -3.23. The molecule has 7 heteroatoms. The number of ether oxygens (including phenoxy) is 1. The van der Waals surface area contributed by atoms with Crippen molar-refractivity contribution < 1.29 is 27.8 Å². The van der Waals surface area contributed by atoms with E-state index in [0.29, 0.717) is 6.42 Å². The van der Waals surface area contributed by atoms with Gasteiger partial charge in [0.2, 0.25) is 0 Å². The van der Waals surface area contributed by atoms with Crippen LogP contribution in [0.5, 0.6) is 0 Å². The van der Waals surface area contributed by atoms with Gasteiger partial charge in [-0.25, -0.2) is 0 Å². The van der Waals surface area contributed by atoms with Crippen LogP contribution < -0.4 is 0 Å². The first-order valence-corrected chi connectivity index (χ1v) is 5.44. The van der Waals surface area contributed by atoms with Crippen LogP contribution in [0.3, 0.4) is 0 Å². The molecular formula is C6H14FO5P. The molecule has 0 aliphatic rings. The van der Waals surface area contributed by atoms with Gasteiger partial charge in [0.1, 0.15) is 0 Å². The van der Waals surface area contributed by atoms with Gasteiger partial charge in [0, 0.05) is 14.2 Å². The molecule has 0 fully saturated rings. The second kappa shape index (κ2) is 6.45. The lowest BCUT2D eigenvalue weighted by atomic mass is 10.5. The highest BCUT2D eigenvalue weighted by Gasteiger charge is 2.23. The number of hydrogen-bond acceptors (Lipinski definition) is 5. The van der Waals surface area contributed by atoms with E-state index in [1.807, 2.05) is 0 Å². The minimum absolute atomic E-state index is 0.309. The summed E-state index contributed by atoms with van der Waals surface area (Å²) in [6, 6.07) is 0. The Bertz CT molecular complexity index is 164. The van der Waals surface area contributed by atoms with Gasteiger partial charge >= 0.3 is 7.60 Å². The first-order valence-electron chi connectivity index (χ1n) is 3.71. The molecule has 13 heavy (non-hydrogen) atoms. The molecule has 0 aromatic carbocycles. The van der Waals surface area contributed by atoms with Gasteiger partial charge in [-0.1, -0.05) is 6.92 Å². The topological polar surface area (TPSA) is 54.0 Å². The molecule has 80 valence electrons. The molecule has 0 amide bonds. The standard InChI is InChI=1S/C6H14FO5P/c1-4-6(12-7)11-5-13(8,9-2)10-3/h6H,4-5H2,1-3H3/t6-/m1/s1. The molecular weight excluding hydrogens is 202 g/mol. The molecule has 0 N–H and O–H groups in total. The van der Waals surface area contributed by atoms with Crippen molar-refractivity contribution in [1.82, 2.24) is 0 Å². The maximum absolute atomic E-state index is 11.6. The molecule has 0 unspecified atom stereocenters. The number of halogens is 1. The zero-order valence-corrected chi connectivity index (χ0v) is 8.75. The van der Waals surface area contributed by atoms with Gasteiger partial charge in [0.05, 0.1) is 0 Å². The van der Waals surface area contributed by atoms with Crippen LogP contribution in [0.1, 0.15) is 13.3 Å². The predicted octanol–water partition coefficient (Wildman–Crippen LogP) is 2.08. The second-order valence-corrected chi connectivity index (χ2v) is 4.41. The van der Waals surface area contributed by atoms with Gasteiger partial charge in [-0.3, -0.25) is 4.57 Å². The highest BCUT2D eigenvalue weighted by atomic mass is 31.2. The van der Waals surface area contributed by atoms with Crippen LogP contribution in [-0.2, 0) is 23.3 Å². The van der Waals surface area contributed by atoms with Crippen molar-refractivity contribution >= 4 is 7.60 Å². The smallest absolute Gasteiger partial charge is 0.337 e. The molecule has 0 aliphatic heterocycles. The molecule has 0 aromatic rings. The van der Waals surface area contributed by atoms with E-state index in [1.165, 1.54) is 14.2 Å². The Morgan fingerprint density at radius 1 is 1.38 bits per heavy atom. The lowest BCUT2D eigenvalue weighted by Crippen LogP contribution is -2.13. The van der Waals surface area contributed by atoms with Crippen molar-refractivity contribution in [2.24, 2.45) is 0 Å². The van der Waals surface area contributed by atoms with E-state index in [2.05, 4.69) is 14.0 Å². The molecule has 0 aliphatic carbocycles. The highest BCUT2D eigenvalue weighted by Crippen LogP contribution is 2.46. The van der Waals surface area contributed by atoms with Crippen LogP contribution in [0.2, 0.25) is 0 Å². The van der Waals surface area contributed by atoms with Gasteiger partial charge in [0.25, 0.3) is 0 Å². The zero-order chi connectivity index (χ0) is 10.3. The fraction of sp³-hybridized carbons (Fsp3) is 1.00. The Hall–Kier alpha value is -0.0000000000000000416. The van der Waals surface area contributed by atoms with Crippen molar-refractivity contribution in [3.8, 4) is 0 Å². The summed E-state index contributed by atoms with van der Waals surface area (Å²) in [6.07, 6.45) is -1.05. The average molecular weight is 216 g/mol. The zero-order valence-electron chi connectivity index (χ0n) is 7.86. The molecule has 0 saturated heterocycles. The van der Waals surface area contributed by atoms with E-state index >= 15 is 0 Å². The fourth-order valence-electron chi connectivity index (χ4n) is 0.561. The van der Waals surface area contributed by atoms with Crippen LogP contribution in [0, 0.1) is 0 Å². The molecule has 0 aromatic heterocycles. The maximum atomic E-state index is 11.6. The molecule has 1 atom stereocenters. The van der Waals surface area contributed by atoms with Crippen molar-refractivity contribution in [3.63, 3.8) is 0 Å². The van der Waals surface area contributed by atoms with E-state index in [-0.39, 0.29) is 6.35 Å². The lowest BCUT2D eigenvalue weighted by Gasteiger charge is -2.16. The van der Waals surface area contributed by atoms with Crippen LogP contribution in [0.4, 0.5) is 4.53 Å². The van der Waals surface area contributed by atoms with E-state index in [1.54, 1.807) is 6.92 Å². The van der Waals surface area contributed by atoms with E-state index in [4.69, 9.17) is 4.74 Å². The summed E-state index contributed by atoms with van der Waals surface area (Å²) in [4.78, 5) is 3.43. The Morgan fingerprint density at radius 3 is 2.23 bits per heavy atom. The minimum Gasteiger partial charge on any atom is -0.337 e.